The summed E-state index contributed by atoms with van der Waals surface area (Å²) in [4.78, 5) is 11.3. The van der Waals surface area contributed by atoms with Crippen molar-refractivity contribution in [1.29, 1.82) is 0 Å². The Kier molecular flexibility index (Phi) is 3.87. The van der Waals surface area contributed by atoms with E-state index in [1.165, 1.54) is 10.6 Å². The van der Waals surface area contributed by atoms with Crippen LogP contribution in [0.3, 0.4) is 0 Å². The van der Waals surface area contributed by atoms with E-state index in [4.69, 9.17) is 0 Å². The summed E-state index contributed by atoms with van der Waals surface area (Å²) in [5, 5.41) is 6.79. The number of thiazole rings is 1. The van der Waals surface area contributed by atoms with Crippen LogP contribution in [0.1, 0.15) is 22.3 Å². The number of rotatable bonds is 3. The van der Waals surface area contributed by atoms with E-state index < -0.39 is 0 Å². The molecule has 0 aromatic carbocycles. The molecule has 0 aliphatic carbocycles. The van der Waals surface area contributed by atoms with Crippen LogP contribution >= 0.6 is 11.3 Å². The zero-order valence-corrected chi connectivity index (χ0v) is 11.9. The van der Waals surface area contributed by atoms with Crippen molar-refractivity contribution in [2.75, 3.05) is 19.6 Å². The van der Waals surface area contributed by atoms with E-state index in [9.17, 15) is 0 Å². The van der Waals surface area contributed by atoms with Gasteiger partial charge < -0.3 is 5.32 Å². The molecule has 5 heteroatoms. The molecule has 0 spiro atoms. The van der Waals surface area contributed by atoms with Gasteiger partial charge in [-0.2, -0.15) is 0 Å². The van der Waals surface area contributed by atoms with Crippen molar-refractivity contribution in [3.05, 3.63) is 46.2 Å². The monoisotopic (exact) mass is 274 g/mol. The molecule has 0 radical (unpaired) electrons. The van der Waals surface area contributed by atoms with E-state index in [1.807, 2.05) is 18.5 Å². The van der Waals surface area contributed by atoms with Gasteiger partial charge in [-0.3, -0.25) is 9.88 Å². The van der Waals surface area contributed by atoms with E-state index >= 15 is 0 Å². The molecule has 2 aromatic heterocycles. The number of aromatic nitrogens is 2. The fourth-order valence-corrected chi connectivity index (χ4v) is 3.28. The summed E-state index contributed by atoms with van der Waals surface area (Å²) in [6.45, 7) is 6.06. The summed E-state index contributed by atoms with van der Waals surface area (Å²) in [6.07, 6.45) is 3.80. The van der Waals surface area contributed by atoms with Crippen LogP contribution < -0.4 is 5.32 Å². The van der Waals surface area contributed by atoms with Gasteiger partial charge in [0.25, 0.3) is 0 Å². The van der Waals surface area contributed by atoms with Gasteiger partial charge in [-0.1, -0.05) is 6.07 Å². The lowest BCUT2D eigenvalue weighted by Gasteiger charge is -2.35. The summed E-state index contributed by atoms with van der Waals surface area (Å²) in [7, 11) is 0. The van der Waals surface area contributed by atoms with Gasteiger partial charge in [0.1, 0.15) is 5.01 Å². The van der Waals surface area contributed by atoms with Gasteiger partial charge in [-0.15, -0.1) is 11.3 Å². The molecule has 1 unspecified atom stereocenters. The van der Waals surface area contributed by atoms with Crippen molar-refractivity contribution < 1.29 is 0 Å². The summed E-state index contributed by atoms with van der Waals surface area (Å²) >= 11 is 1.75. The standard InChI is InChI=1S/C14H18N4S/c1-11-10-19-14(17-11)9-18-6-5-16-8-13(18)12-3-2-4-15-7-12/h2-4,7,10,13,16H,5-6,8-9H2,1H3. The lowest BCUT2D eigenvalue weighted by Crippen LogP contribution is -2.45. The third-order valence-corrected chi connectivity index (χ3v) is 4.38. The maximum Gasteiger partial charge on any atom is 0.107 e. The summed E-state index contributed by atoms with van der Waals surface area (Å²) in [5.74, 6) is 0. The molecular formula is C14H18N4S. The van der Waals surface area contributed by atoms with Crippen LogP contribution in [0.25, 0.3) is 0 Å². The Morgan fingerprint density at radius 2 is 2.47 bits per heavy atom. The fraction of sp³-hybridized carbons (Fsp3) is 0.429. The minimum Gasteiger partial charge on any atom is -0.314 e. The normalized spacial score (nSPS) is 20.6. The third kappa shape index (κ3) is 3.00. The molecule has 3 rings (SSSR count). The second-order valence-corrected chi connectivity index (χ2v) is 5.80. The zero-order valence-electron chi connectivity index (χ0n) is 11.0. The number of piperazine rings is 1. The molecule has 0 amide bonds. The summed E-state index contributed by atoms with van der Waals surface area (Å²) < 4.78 is 0. The molecule has 1 N–H and O–H groups in total. The van der Waals surface area contributed by atoms with Crippen LogP contribution in [0.2, 0.25) is 0 Å². The van der Waals surface area contributed by atoms with Crippen molar-refractivity contribution in [1.82, 2.24) is 20.2 Å². The maximum absolute atomic E-state index is 4.57. The molecule has 4 nitrogen and oxygen atoms in total. The summed E-state index contributed by atoms with van der Waals surface area (Å²) in [6, 6.07) is 4.56. The van der Waals surface area contributed by atoms with Gasteiger partial charge in [-0.05, 0) is 18.6 Å². The zero-order chi connectivity index (χ0) is 13.1. The van der Waals surface area contributed by atoms with Crippen LogP contribution in [-0.2, 0) is 6.54 Å². The van der Waals surface area contributed by atoms with Gasteiger partial charge >= 0.3 is 0 Å². The smallest absolute Gasteiger partial charge is 0.107 e. The van der Waals surface area contributed by atoms with Gasteiger partial charge in [-0.25, -0.2) is 4.98 Å². The Balaban J connectivity index is 1.77. The van der Waals surface area contributed by atoms with E-state index in [2.05, 4.69) is 38.6 Å². The predicted molar refractivity (Wildman–Crippen MR) is 77.1 cm³/mol. The van der Waals surface area contributed by atoms with Crippen LogP contribution in [0.5, 0.6) is 0 Å². The molecule has 1 aliphatic heterocycles. The van der Waals surface area contributed by atoms with Crippen LogP contribution in [0, 0.1) is 6.92 Å². The highest BCUT2D eigenvalue weighted by Gasteiger charge is 2.24. The van der Waals surface area contributed by atoms with E-state index in [-0.39, 0.29) is 0 Å². The minimum absolute atomic E-state index is 0.395. The van der Waals surface area contributed by atoms with Crippen molar-refractivity contribution in [3.8, 4) is 0 Å². The first-order chi connectivity index (χ1) is 9.33. The number of nitrogens with zero attached hydrogens (tertiary/aromatic N) is 3. The number of pyridine rings is 1. The topological polar surface area (TPSA) is 41.0 Å². The Bertz CT molecular complexity index is 525. The average molecular weight is 274 g/mol. The first kappa shape index (κ1) is 12.7. The van der Waals surface area contributed by atoms with Crippen molar-refractivity contribution in [2.45, 2.75) is 19.5 Å². The van der Waals surface area contributed by atoms with Gasteiger partial charge in [0.2, 0.25) is 0 Å². The molecule has 1 atom stereocenters. The number of hydrogen-bond donors (Lipinski definition) is 1. The average Bonchev–Trinajstić information content (AvgIpc) is 2.86. The minimum atomic E-state index is 0.395. The highest BCUT2D eigenvalue weighted by atomic mass is 32.1. The number of nitrogens with one attached hydrogen (secondary N) is 1. The second-order valence-electron chi connectivity index (χ2n) is 4.86. The van der Waals surface area contributed by atoms with Crippen molar-refractivity contribution in [3.63, 3.8) is 0 Å². The van der Waals surface area contributed by atoms with Gasteiger partial charge in [0.15, 0.2) is 0 Å². The number of hydrogen-bond acceptors (Lipinski definition) is 5. The molecule has 1 aliphatic rings. The Morgan fingerprint density at radius 3 is 3.21 bits per heavy atom. The highest BCUT2D eigenvalue weighted by molar-refractivity contribution is 7.09. The Morgan fingerprint density at radius 1 is 1.53 bits per heavy atom. The van der Waals surface area contributed by atoms with Crippen LogP contribution in [-0.4, -0.2) is 34.5 Å². The SMILES string of the molecule is Cc1csc(CN2CCNCC2c2cccnc2)n1. The first-order valence-corrected chi connectivity index (χ1v) is 7.46. The van der Waals surface area contributed by atoms with Gasteiger partial charge in [0.05, 0.1) is 6.54 Å². The molecule has 0 bridgehead atoms. The van der Waals surface area contributed by atoms with Crippen molar-refractivity contribution in [2.24, 2.45) is 0 Å². The molecule has 1 fully saturated rings. The van der Waals surface area contributed by atoms with Crippen LogP contribution in [0.4, 0.5) is 0 Å². The number of aryl methyl sites for hydroxylation is 1. The molecular weight excluding hydrogens is 256 g/mol. The van der Waals surface area contributed by atoms with Crippen molar-refractivity contribution >= 4 is 11.3 Å². The van der Waals surface area contributed by atoms with E-state index in [1.54, 1.807) is 11.3 Å². The molecule has 19 heavy (non-hydrogen) atoms. The predicted octanol–water partition coefficient (Wildman–Crippen LogP) is 1.99. The molecule has 2 aromatic rings. The van der Waals surface area contributed by atoms with E-state index in [0.717, 1.165) is 31.9 Å². The fourth-order valence-electron chi connectivity index (χ4n) is 2.49. The van der Waals surface area contributed by atoms with Crippen LogP contribution in [0.15, 0.2) is 29.9 Å². The quantitative estimate of drug-likeness (QED) is 0.929. The molecule has 1 saturated heterocycles. The maximum atomic E-state index is 4.57. The largest absolute Gasteiger partial charge is 0.314 e. The highest BCUT2D eigenvalue weighted by Crippen LogP contribution is 2.24. The molecule has 100 valence electrons. The molecule has 0 saturated carbocycles. The molecule has 3 heterocycles. The first-order valence-electron chi connectivity index (χ1n) is 6.58. The third-order valence-electron chi connectivity index (χ3n) is 3.43. The second kappa shape index (κ2) is 5.77. The Labute approximate surface area is 117 Å². The lowest BCUT2D eigenvalue weighted by molar-refractivity contribution is 0.153. The summed E-state index contributed by atoms with van der Waals surface area (Å²) in [5.41, 5.74) is 2.40. The van der Waals surface area contributed by atoms with Gasteiger partial charge in [0, 0.05) is 49.1 Å². The van der Waals surface area contributed by atoms with E-state index in [0.29, 0.717) is 6.04 Å². The lowest BCUT2D eigenvalue weighted by atomic mass is 10.1. The Hall–Kier alpha value is -1.30.